The van der Waals surface area contributed by atoms with Crippen molar-refractivity contribution in [2.45, 2.75) is 18.8 Å². The Hall–Kier alpha value is -1.38. The molecule has 1 atom stereocenters. The Bertz CT molecular complexity index is 474. The highest BCUT2D eigenvalue weighted by molar-refractivity contribution is 5.10. The van der Waals surface area contributed by atoms with Crippen molar-refractivity contribution in [3.05, 3.63) is 34.2 Å². The van der Waals surface area contributed by atoms with Crippen LogP contribution >= 0.6 is 0 Å². The summed E-state index contributed by atoms with van der Waals surface area (Å²) in [6.07, 6.45) is -5.74. The molecule has 1 aromatic heterocycles. The van der Waals surface area contributed by atoms with Gasteiger partial charge in [0.2, 0.25) is 0 Å². The number of nitrogens with zero attached hydrogens (tertiary/aromatic N) is 1. The lowest BCUT2D eigenvalue weighted by molar-refractivity contribution is -0.144. The lowest BCUT2D eigenvalue weighted by atomic mass is 10.2. The maximum Gasteiger partial charge on any atom is 0.431 e. The minimum Gasteiger partial charge on any atom is -0.390 e. The molecule has 0 spiro atoms. The lowest BCUT2D eigenvalue weighted by Gasteiger charge is -2.18. The summed E-state index contributed by atoms with van der Waals surface area (Å²) < 4.78 is 43.6. The second-order valence-corrected chi connectivity index (χ2v) is 4.21. The van der Waals surface area contributed by atoms with Crippen LogP contribution in [0.2, 0.25) is 0 Å². The number of nitrogens with one attached hydrogen (secondary N) is 1. The molecule has 1 unspecified atom stereocenters. The molecule has 0 aliphatic rings. The molecule has 0 fully saturated rings. The van der Waals surface area contributed by atoms with E-state index in [0.29, 0.717) is 17.7 Å². The monoisotopic (exact) mass is 294 g/mol. The Kier molecular flexibility index (Phi) is 6.18. The van der Waals surface area contributed by atoms with Gasteiger partial charge in [0, 0.05) is 26.3 Å². The fourth-order valence-electron chi connectivity index (χ4n) is 1.67. The molecule has 0 saturated heterocycles. The van der Waals surface area contributed by atoms with Crippen LogP contribution in [0.25, 0.3) is 0 Å². The fourth-order valence-corrected chi connectivity index (χ4v) is 1.67. The topological polar surface area (TPSA) is 63.5 Å². The van der Waals surface area contributed by atoms with E-state index in [-0.39, 0.29) is 6.54 Å². The van der Waals surface area contributed by atoms with Gasteiger partial charge in [-0.25, -0.2) is 0 Å². The highest BCUT2D eigenvalue weighted by Gasteiger charge is 2.34. The maximum atomic E-state index is 12.8. The molecule has 1 heterocycles. The minimum atomic E-state index is -4.64. The van der Waals surface area contributed by atoms with E-state index in [1.54, 1.807) is 0 Å². The van der Waals surface area contributed by atoms with Gasteiger partial charge in [0.25, 0.3) is 5.56 Å². The first-order valence-corrected chi connectivity index (χ1v) is 6.01. The van der Waals surface area contributed by atoms with Crippen LogP contribution in [0.5, 0.6) is 0 Å². The largest absolute Gasteiger partial charge is 0.431 e. The van der Waals surface area contributed by atoms with Gasteiger partial charge in [-0.05, 0) is 6.07 Å². The molecule has 0 amide bonds. The van der Waals surface area contributed by atoms with Crippen LogP contribution in [0.1, 0.15) is 5.69 Å². The Labute approximate surface area is 114 Å². The van der Waals surface area contributed by atoms with Crippen molar-refractivity contribution in [2.75, 3.05) is 26.8 Å². The second kappa shape index (κ2) is 7.41. The third-order valence-corrected chi connectivity index (χ3v) is 2.60. The van der Waals surface area contributed by atoms with Crippen LogP contribution < -0.4 is 10.9 Å². The normalized spacial score (nSPS) is 13.4. The Morgan fingerprint density at radius 3 is 2.75 bits per heavy atom. The van der Waals surface area contributed by atoms with Crippen LogP contribution in [0, 0.1) is 0 Å². The first kappa shape index (κ1) is 16.7. The highest BCUT2D eigenvalue weighted by Crippen LogP contribution is 2.28. The van der Waals surface area contributed by atoms with E-state index in [0.717, 1.165) is 18.2 Å². The number of rotatable bonds is 7. The average Bonchev–Trinajstić information content (AvgIpc) is 2.36. The number of hydrogen-bond acceptors (Lipinski definition) is 4. The zero-order chi connectivity index (χ0) is 15.2. The summed E-state index contributed by atoms with van der Waals surface area (Å²) in [7, 11) is 1.51. The highest BCUT2D eigenvalue weighted by atomic mass is 19.4. The van der Waals surface area contributed by atoms with E-state index in [9.17, 15) is 23.1 Å². The summed E-state index contributed by atoms with van der Waals surface area (Å²) in [4.78, 5) is 11.5. The number of halogens is 3. The first-order chi connectivity index (χ1) is 9.36. The quantitative estimate of drug-likeness (QED) is 0.717. The lowest BCUT2D eigenvalue weighted by Crippen LogP contribution is -2.37. The molecule has 2 N–H and O–H groups in total. The van der Waals surface area contributed by atoms with Crippen molar-refractivity contribution < 1.29 is 23.0 Å². The number of hydrogen-bond donors (Lipinski definition) is 2. The van der Waals surface area contributed by atoms with Crippen molar-refractivity contribution >= 4 is 0 Å². The van der Waals surface area contributed by atoms with E-state index in [1.165, 1.54) is 7.11 Å². The molecule has 5 nitrogen and oxygen atoms in total. The SMILES string of the molecule is COCCNCC(O)Cn1c(C(F)(F)F)cccc1=O. The number of pyridine rings is 1. The summed E-state index contributed by atoms with van der Waals surface area (Å²) >= 11 is 0. The Morgan fingerprint density at radius 2 is 2.15 bits per heavy atom. The summed E-state index contributed by atoms with van der Waals surface area (Å²) in [5.74, 6) is 0. The molecule has 0 radical (unpaired) electrons. The minimum absolute atomic E-state index is 0.0714. The number of alkyl halides is 3. The predicted molar refractivity (Wildman–Crippen MR) is 66.5 cm³/mol. The number of ether oxygens (including phenoxy) is 1. The van der Waals surface area contributed by atoms with E-state index in [2.05, 4.69) is 5.32 Å². The summed E-state index contributed by atoms with van der Waals surface area (Å²) in [6, 6.07) is 2.89. The number of methoxy groups -OCH3 is 1. The average molecular weight is 294 g/mol. The number of aliphatic hydroxyl groups excluding tert-OH is 1. The van der Waals surface area contributed by atoms with Crippen LogP contribution in [-0.4, -0.2) is 42.6 Å². The maximum absolute atomic E-state index is 12.8. The third-order valence-electron chi connectivity index (χ3n) is 2.60. The van der Waals surface area contributed by atoms with Crippen molar-refractivity contribution in [1.82, 2.24) is 9.88 Å². The summed E-state index contributed by atoms with van der Waals surface area (Å²) in [6.45, 7) is 0.533. The van der Waals surface area contributed by atoms with Crippen LogP contribution in [0.4, 0.5) is 13.2 Å². The van der Waals surface area contributed by atoms with Crippen LogP contribution in [0.15, 0.2) is 23.0 Å². The molecule has 0 aliphatic heterocycles. The zero-order valence-corrected chi connectivity index (χ0v) is 11.0. The van der Waals surface area contributed by atoms with Gasteiger partial charge in [0.05, 0.1) is 19.3 Å². The standard InChI is InChI=1S/C12H17F3N2O3/c1-20-6-5-16-7-9(18)8-17-10(12(13,14)15)3-2-4-11(17)19/h2-4,9,16,18H,5-8H2,1H3. The molecular weight excluding hydrogens is 277 g/mol. The number of aliphatic hydroxyl groups is 1. The molecule has 1 aromatic rings. The molecule has 0 saturated carbocycles. The first-order valence-electron chi connectivity index (χ1n) is 6.01. The van der Waals surface area contributed by atoms with E-state index in [1.807, 2.05) is 0 Å². The second-order valence-electron chi connectivity index (χ2n) is 4.21. The molecule has 0 aliphatic carbocycles. The molecule has 0 bridgehead atoms. The molecule has 0 aromatic carbocycles. The predicted octanol–water partition coefficient (Wildman–Crippen LogP) is 0.464. The van der Waals surface area contributed by atoms with E-state index >= 15 is 0 Å². The number of aromatic nitrogens is 1. The van der Waals surface area contributed by atoms with Gasteiger partial charge in [-0.2, -0.15) is 13.2 Å². The van der Waals surface area contributed by atoms with Crippen molar-refractivity contribution in [2.24, 2.45) is 0 Å². The Balaban J connectivity index is 2.74. The summed E-state index contributed by atoms with van der Waals surface area (Å²) in [5.41, 5.74) is -1.86. The van der Waals surface area contributed by atoms with E-state index < -0.39 is 30.1 Å². The third kappa shape index (κ3) is 4.95. The van der Waals surface area contributed by atoms with Crippen LogP contribution in [-0.2, 0) is 17.5 Å². The van der Waals surface area contributed by atoms with Gasteiger partial charge in [0.15, 0.2) is 0 Å². The van der Waals surface area contributed by atoms with Gasteiger partial charge in [-0.1, -0.05) is 6.07 Å². The Morgan fingerprint density at radius 1 is 1.45 bits per heavy atom. The molecule has 20 heavy (non-hydrogen) atoms. The molecular formula is C12H17F3N2O3. The van der Waals surface area contributed by atoms with Crippen molar-refractivity contribution in [3.8, 4) is 0 Å². The summed E-state index contributed by atoms with van der Waals surface area (Å²) in [5, 5.41) is 12.5. The van der Waals surface area contributed by atoms with Gasteiger partial charge in [-0.3, -0.25) is 4.79 Å². The van der Waals surface area contributed by atoms with Gasteiger partial charge in [-0.15, -0.1) is 0 Å². The van der Waals surface area contributed by atoms with Gasteiger partial charge in [0.1, 0.15) is 5.69 Å². The van der Waals surface area contributed by atoms with Crippen molar-refractivity contribution in [3.63, 3.8) is 0 Å². The van der Waals surface area contributed by atoms with Crippen LogP contribution in [0.3, 0.4) is 0 Å². The molecule has 8 heteroatoms. The fraction of sp³-hybridized carbons (Fsp3) is 0.583. The van der Waals surface area contributed by atoms with Crippen molar-refractivity contribution in [1.29, 1.82) is 0 Å². The molecule has 1 rings (SSSR count). The zero-order valence-electron chi connectivity index (χ0n) is 11.0. The van der Waals surface area contributed by atoms with E-state index in [4.69, 9.17) is 4.74 Å². The van der Waals surface area contributed by atoms with Gasteiger partial charge < -0.3 is 19.7 Å². The molecule has 114 valence electrons. The van der Waals surface area contributed by atoms with Gasteiger partial charge >= 0.3 is 6.18 Å². The smallest absolute Gasteiger partial charge is 0.390 e.